The molecule has 0 radical (unpaired) electrons. The zero-order valence-corrected chi connectivity index (χ0v) is 6.87. The fourth-order valence-electron chi connectivity index (χ4n) is 0.525. The zero-order valence-electron chi connectivity index (χ0n) is 5.98. The molecule has 0 heterocycles. The second-order valence-electron chi connectivity index (χ2n) is 2.15. The summed E-state index contributed by atoms with van der Waals surface area (Å²) in [6, 6.07) is 0. The van der Waals surface area contributed by atoms with Crippen LogP contribution in [0.15, 0.2) is 0 Å². The third-order valence-corrected chi connectivity index (χ3v) is 2.16. The number of methoxy groups -OCH3 is 1. The molecule has 0 aliphatic heterocycles. The molecule has 0 unspecified atom stereocenters. The Bertz CT molecular complexity index is 45.8. The van der Waals surface area contributed by atoms with Gasteiger partial charge in [0.05, 0.1) is 0 Å². The molecule has 0 aromatic carbocycles. The fraction of sp³-hybridized carbons (Fsp3) is 1.00. The van der Waals surface area contributed by atoms with Crippen molar-refractivity contribution in [1.82, 2.24) is 0 Å². The fourth-order valence-corrected chi connectivity index (χ4v) is 1.29. The molecule has 0 fully saturated rings. The Kier molecular flexibility index (Phi) is 5.79. The van der Waals surface area contributed by atoms with E-state index in [-0.39, 0.29) is 0 Å². The summed E-state index contributed by atoms with van der Waals surface area (Å²) in [6.45, 7) is 5.52. The monoisotopic (exact) mass is 134 g/mol. The van der Waals surface area contributed by atoms with Crippen LogP contribution in [0.3, 0.4) is 0 Å². The van der Waals surface area contributed by atoms with E-state index in [4.69, 9.17) is 4.74 Å². The second kappa shape index (κ2) is 5.53. The quantitative estimate of drug-likeness (QED) is 0.420. The molecule has 0 bridgehead atoms. The Balaban J connectivity index is 2.72. The first-order valence-electron chi connectivity index (χ1n) is 2.91. The number of hydrogen-bond acceptors (Lipinski definition) is 1. The molecule has 0 aromatic heterocycles. The lowest BCUT2D eigenvalue weighted by molar-refractivity contribution is 0.200. The molecule has 1 nitrogen and oxygen atoms in total. The van der Waals surface area contributed by atoms with Gasteiger partial charge in [-0.1, -0.05) is 0 Å². The highest BCUT2D eigenvalue weighted by Gasteiger charge is 1.89. The van der Waals surface area contributed by atoms with E-state index in [2.05, 4.69) is 13.3 Å². The highest BCUT2D eigenvalue weighted by atomic mass is 31.1. The van der Waals surface area contributed by atoms with Gasteiger partial charge < -0.3 is 4.74 Å². The standard InChI is InChI=1S/C6H15OP/c1-7-5-4-6-8(2)3/h4-6H2,1-3H3. The lowest BCUT2D eigenvalue weighted by atomic mass is 10.5. The SMILES string of the molecule is COCCCP(C)C. The van der Waals surface area contributed by atoms with Crippen LogP contribution in [-0.4, -0.2) is 33.2 Å². The number of ether oxygens (including phenoxy) is 1. The summed E-state index contributed by atoms with van der Waals surface area (Å²) in [6.07, 6.45) is 2.58. The molecule has 0 saturated carbocycles. The summed E-state index contributed by atoms with van der Waals surface area (Å²) in [7, 11) is 2.07. The predicted octanol–water partition coefficient (Wildman–Crippen LogP) is 1.76. The minimum atomic E-state index is 0.308. The van der Waals surface area contributed by atoms with Gasteiger partial charge in [0.2, 0.25) is 0 Å². The van der Waals surface area contributed by atoms with E-state index in [0.717, 1.165) is 6.61 Å². The average molecular weight is 134 g/mol. The van der Waals surface area contributed by atoms with Crippen LogP contribution in [0.2, 0.25) is 0 Å². The van der Waals surface area contributed by atoms with Crippen LogP contribution >= 0.6 is 7.92 Å². The van der Waals surface area contributed by atoms with Crippen molar-refractivity contribution in [3.05, 3.63) is 0 Å². The first kappa shape index (κ1) is 8.39. The molecule has 0 aliphatic carbocycles. The molecule has 8 heavy (non-hydrogen) atoms. The molecule has 0 atom stereocenters. The summed E-state index contributed by atoms with van der Waals surface area (Å²) in [5.41, 5.74) is 0. The van der Waals surface area contributed by atoms with Crippen LogP contribution in [0.4, 0.5) is 0 Å². The van der Waals surface area contributed by atoms with Crippen LogP contribution in [-0.2, 0) is 4.74 Å². The maximum absolute atomic E-state index is 4.90. The number of hydrogen-bond donors (Lipinski definition) is 0. The van der Waals surface area contributed by atoms with Crippen molar-refractivity contribution in [2.45, 2.75) is 6.42 Å². The smallest absolute Gasteiger partial charge is 0.0465 e. The molecule has 0 N–H and O–H groups in total. The van der Waals surface area contributed by atoms with E-state index in [0.29, 0.717) is 7.92 Å². The summed E-state index contributed by atoms with van der Waals surface area (Å²) < 4.78 is 4.90. The maximum atomic E-state index is 4.90. The molecule has 0 amide bonds. The summed E-state index contributed by atoms with van der Waals surface area (Å²) in [4.78, 5) is 0. The summed E-state index contributed by atoms with van der Waals surface area (Å²) >= 11 is 0. The van der Waals surface area contributed by atoms with E-state index < -0.39 is 0 Å². The summed E-state index contributed by atoms with van der Waals surface area (Å²) in [5, 5.41) is 0. The van der Waals surface area contributed by atoms with E-state index >= 15 is 0 Å². The topological polar surface area (TPSA) is 9.23 Å². The highest BCUT2D eigenvalue weighted by molar-refractivity contribution is 7.55. The van der Waals surface area contributed by atoms with E-state index in [9.17, 15) is 0 Å². The molecule has 2 heteroatoms. The largest absolute Gasteiger partial charge is 0.385 e. The molecule has 0 rings (SSSR count). The van der Waals surface area contributed by atoms with Gasteiger partial charge in [0, 0.05) is 13.7 Å². The third-order valence-electron chi connectivity index (χ3n) is 0.954. The van der Waals surface area contributed by atoms with Gasteiger partial charge in [-0.2, -0.15) is 0 Å². The van der Waals surface area contributed by atoms with Crippen LogP contribution in [0, 0.1) is 0 Å². The first-order chi connectivity index (χ1) is 3.77. The Morgan fingerprint density at radius 3 is 2.38 bits per heavy atom. The van der Waals surface area contributed by atoms with Gasteiger partial charge in [0.25, 0.3) is 0 Å². The Labute approximate surface area is 53.2 Å². The normalized spacial score (nSPS) is 10.5. The Hall–Kier alpha value is 0.390. The van der Waals surface area contributed by atoms with Gasteiger partial charge >= 0.3 is 0 Å². The molecule has 0 spiro atoms. The molecule has 0 saturated heterocycles. The Morgan fingerprint density at radius 2 is 2.00 bits per heavy atom. The van der Waals surface area contributed by atoms with E-state index in [1.54, 1.807) is 7.11 Å². The minimum Gasteiger partial charge on any atom is -0.385 e. The second-order valence-corrected chi connectivity index (χ2v) is 4.76. The first-order valence-corrected chi connectivity index (χ1v) is 5.33. The third kappa shape index (κ3) is 6.39. The minimum absolute atomic E-state index is 0.308. The molecule has 0 aromatic rings. The van der Waals surface area contributed by atoms with Gasteiger partial charge in [-0.15, -0.1) is 7.92 Å². The molecular weight excluding hydrogens is 119 g/mol. The maximum Gasteiger partial charge on any atom is 0.0465 e. The van der Waals surface area contributed by atoms with Crippen molar-refractivity contribution in [2.75, 3.05) is 33.2 Å². The van der Waals surface area contributed by atoms with Crippen LogP contribution in [0.1, 0.15) is 6.42 Å². The van der Waals surface area contributed by atoms with Gasteiger partial charge in [-0.05, 0) is 25.9 Å². The lowest BCUT2D eigenvalue weighted by Gasteiger charge is -2.02. The van der Waals surface area contributed by atoms with Crippen molar-refractivity contribution >= 4 is 7.92 Å². The van der Waals surface area contributed by atoms with Gasteiger partial charge in [-0.25, -0.2) is 0 Å². The van der Waals surface area contributed by atoms with Crippen molar-refractivity contribution < 1.29 is 4.74 Å². The average Bonchev–Trinajstić information content (AvgIpc) is 1.66. The predicted molar refractivity (Wildman–Crippen MR) is 40.1 cm³/mol. The molecule has 0 aliphatic rings. The van der Waals surface area contributed by atoms with Crippen molar-refractivity contribution in [1.29, 1.82) is 0 Å². The van der Waals surface area contributed by atoms with Crippen LogP contribution in [0.25, 0.3) is 0 Å². The van der Waals surface area contributed by atoms with Gasteiger partial charge in [-0.3, -0.25) is 0 Å². The Morgan fingerprint density at radius 1 is 1.38 bits per heavy atom. The highest BCUT2D eigenvalue weighted by Crippen LogP contribution is 2.24. The van der Waals surface area contributed by atoms with Gasteiger partial charge in [0.1, 0.15) is 0 Å². The van der Waals surface area contributed by atoms with Gasteiger partial charge in [0.15, 0.2) is 0 Å². The number of rotatable bonds is 4. The van der Waals surface area contributed by atoms with Crippen LogP contribution < -0.4 is 0 Å². The van der Waals surface area contributed by atoms with Crippen molar-refractivity contribution in [3.8, 4) is 0 Å². The van der Waals surface area contributed by atoms with Crippen molar-refractivity contribution in [3.63, 3.8) is 0 Å². The van der Waals surface area contributed by atoms with E-state index in [1.807, 2.05) is 0 Å². The van der Waals surface area contributed by atoms with Crippen molar-refractivity contribution in [2.24, 2.45) is 0 Å². The van der Waals surface area contributed by atoms with Crippen LogP contribution in [0.5, 0.6) is 0 Å². The summed E-state index contributed by atoms with van der Waals surface area (Å²) in [5.74, 6) is 0. The zero-order chi connectivity index (χ0) is 6.41. The van der Waals surface area contributed by atoms with E-state index in [1.165, 1.54) is 12.6 Å². The molecule has 50 valence electrons. The molecular formula is C6H15OP. The lowest BCUT2D eigenvalue weighted by Crippen LogP contribution is -1.90.